The highest BCUT2D eigenvalue weighted by molar-refractivity contribution is 8.00. The zero-order valence-electron chi connectivity index (χ0n) is 27.5. The fraction of sp³-hybridized carbons (Fsp3) is 0.189. The minimum atomic E-state index is -1.11. The summed E-state index contributed by atoms with van der Waals surface area (Å²) >= 11 is 8.62. The molecular formula is C37H32ClN3O7S2. The monoisotopic (exact) mass is 729 g/mol. The second-order valence-electron chi connectivity index (χ2n) is 11.2. The maximum absolute atomic E-state index is 13.8. The van der Waals surface area contributed by atoms with Gasteiger partial charge in [0.05, 0.1) is 32.9 Å². The number of aliphatic hydroxyl groups is 1. The van der Waals surface area contributed by atoms with Gasteiger partial charge in [-0.25, -0.2) is 0 Å². The lowest BCUT2D eigenvalue weighted by Crippen LogP contribution is -2.29. The number of amides is 1. The van der Waals surface area contributed by atoms with Crippen LogP contribution in [0.4, 0.5) is 5.13 Å². The number of rotatable bonds is 12. The van der Waals surface area contributed by atoms with Crippen LogP contribution < -0.4 is 23.8 Å². The molecule has 0 bridgehead atoms. The largest absolute Gasteiger partial charge is 0.507 e. The van der Waals surface area contributed by atoms with E-state index < -0.39 is 17.7 Å². The van der Waals surface area contributed by atoms with E-state index >= 15 is 0 Å². The lowest BCUT2D eigenvalue weighted by Gasteiger charge is -2.24. The molecular weight excluding hydrogens is 698 g/mol. The van der Waals surface area contributed by atoms with Crippen LogP contribution in [0.5, 0.6) is 23.0 Å². The first-order chi connectivity index (χ1) is 24.2. The number of carbonyl (C=O) groups excluding carboxylic acids is 2. The van der Waals surface area contributed by atoms with Crippen molar-refractivity contribution < 1.29 is 33.6 Å². The Kier molecular flexibility index (Phi) is 10.6. The van der Waals surface area contributed by atoms with Gasteiger partial charge in [0.1, 0.15) is 18.1 Å². The standard InChI is InChI=1S/C37H32ClN3O7S2/c1-21-6-5-7-23(16-21)19-48-27-14-10-24(11-15-27)32(42)30-31(25-17-28(45-2)34(47-4)29(18-25)46-3)41(35(44)33(30)43)36-39-40-37(50-36)49-20-22-8-12-26(38)13-9-22/h5-18,31,42H,19-20H2,1-4H3. The molecule has 6 rings (SSSR count). The van der Waals surface area contributed by atoms with Crippen LogP contribution in [0.3, 0.4) is 0 Å². The summed E-state index contributed by atoms with van der Waals surface area (Å²) in [6, 6.07) is 24.3. The third kappa shape index (κ3) is 7.28. The number of hydrogen-bond donors (Lipinski definition) is 1. The molecule has 256 valence electrons. The van der Waals surface area contributed by atoms with Gasteiger partial charge in [-0.05, 0) is 72.1 Å². The number of aryl methyl sites for hydroxylation is 1. The molecule has 1 N–H and O–H groups in total. The Hall–Kier alpha value is -5.04. The van der Waals surface area contributed by atoms with E-state index in [2.05, 4.69) is 10.2 Å². The molecule has 1 saturated heterocycles. The van der Waals surface area contributed by atoms with Crippen LogP contribution in [0, 0.1) is 6.92 Å². The number of anilines is 1. The molecule has 1 unspecified atom stereocenters. The van der Waals surface area contributed by atoms with E-state index in [0.717, 1.165) is 28.0 Å². The van der Waals surface area contributed by atoms with Gasteiger partial charge in [0.15, 0.2) is 15.8 Å². The van der Waals surface area contributed by atoms with Gasteiger partial charge in [-0.1, -0.05) is 76.7 Å². The molecule has 1 amide bonds. The summed E-state index contributed by atoms with van der Waals surface area (Å²) in [5.74, 6) is -0.0166. The predicted octanol–water partition coefficient (Wildman–Crippen LogP) is 8.02. The second-order valence-corrected chi connectivity index (χ2v) is 13.8. The van der Waals surface area contributed by atoms with Crippen LogP contribution in [0.1, 0.15) is 33.9 Å². The van der Waals surface area contributed by atoms with Crippen molar-refractivity contribution in [2.24, 2.45) is 0 Å². The molecule has 1 aromatic heterocycles. The topological polar surface area (TPSA) is 120 Å². The predicted molar refractivity (Wildman–Crippen MR) is 194 cm³/mol. The molecule has 0 radical (unpaired) electrons. The smallest absolute Gasteiger partial charge is 0.301 e. The van der Waals surface area contributed by atoms with Gasteiger partial charge in [0, 0.05) is 16.3 Å². The number of halogens is 1. The summed E-state index contributed by atoms with van der Waals surface area (Å²) in [7, 11) is 4.41. The summed E-state index contributed by atoms with van der Waals surface area (Å²) in [5.41, 5.74) is 3.78. The lowest BCUT2D eigenvalue weighted by molar-refractivity contribution is -0.132. The van der Waals surface area contributed by atoms with Gasteiger partial charge < -0.3 is 24.1 Å². The third-order valence-corrected chi connectivity index (χ3v) is 10.3. The highest BCUT2D eigenvalue weighted by Gasteiger charge is 2.49. The summed E-state index contributed by atoms with van der Waals surface area (Å²) < 4.78 is 23.2. The first-order valence-corrected chi connectivity index (χ1v) is 17.5. The number of ether oxygens (including phenoxy) is 4. The molecule has 2 heterocycles. The van der Waals surface area contributed by atoms with Gasteiger partial charge in [-0.3, -0.25) is 14.5 Å². The van der Waals surface area contributed by atoms with Crippen LogP contribution in [-0.4, -0.2) is 48.3 Å². The average molecular weight is 730 g/mol. The van der Waals surface area contributed by atoms with Crippen LogP contribution in [0.25, 0.3) is 5.76 Å². The number of benzene rings is 4. The maximum atomic E-state index is 13.8. The molecule has 0 aliphatic carbocycles. The highest BCUT2D eigenvalue weighted by atomic mass is 35.5. The fourth-order valence-corrected chi connectivity index (χ4v) is 7.47. The number of aliphatic hydroxyl groups excluding tert-OH is 1. The number of nitrogens with zero attached hydrogens (tertiary/aromatic N) is 3. The van der Waals surface area contributed by atoms with E-state index in [9.17, 15) is 14.7 Å². The maximum Gasteiger partial charge on any atom is 0.301 e. The molecule has 1 fully saturated rings. The molecule has 1 aliphatic rings. The minimum Gasteiger partial charge on any atom is -0.507 e. The highest BCUT2D eigenvalue weighted by Crippen LogP contribution is 2.48. The number of carbonyl (C=O) groups is 2. The molecule has 50 heavy (non-hydrogen) atoms. The Bertz CT molecular complexity index is 2040. The summed E-state index contributed by atoms with van der Waals surface area (Å²) in [5, 5.41) is 21.2. The van der Waals surface area contributed by atoms with Gasteiger partial charge >= 0.3 is 5.91 Å². The fourth-order valence-electron chi connectivity index (χ4n) is 5.52. The Morgan fingerprint density at radius 2 is 1.60 bits per heavy atom. The summed E-state index contributed by atoms with van der Waals surface area (Å²) in [6.07, 6.45) is 0. The van der Waals surface area contributed by atoms with Crippen molar-refractivity contribution in [1.82, 2.24) is 10.2 Å². The minimum absolute atomic E-state index is 0.136. The molecule has 5 aromatic rings. The van der Waals surface area contributed by atoms with E-state index in [1.54, 1.807) is 36.4 Å². The van der Waals surface area contributed by atoms with Crippen LogP contribution >= 0.6 is 34.7 Å². The molecule has 0 saturated carbocycles. The molecule has 13 heteroatoms. The third-order valence-electron chi connectivity index (χ3n) is 7.94. The molecule has 0 spiro atoms. The average Bonchev–Trinajstić information content (AvgIpc) is 3.71. The Labute approximate surface area is 302 Å². The van der Waals surface area contributed by atoms with Crippen molar-refractivity contribution in [3.8, 4) is 23.0 Å². The van der Waals surface area contributed by atoms with Crippen molar-refractivity contribution in [1.29, 1.82) is 0 Å². The zero-order valence-corrected chi connectivity index (χ0v) is 29.9. The normalized spacial score (nSPS) is 15.3. The lowest BCUT2D eigenvalue weighted by atomic mass is 9.94. The van der Waals surface area contributed by atoms with Gasteiger partial charge in [-0.15, -0.1) is 10.2 Å². The summed E-state index contributed by atoms with van der Waals surface area (Å²) in [6.45, 7) is 2.38. The van der Waals surface area contributed by atoms with Gasteiger partial charge in [0.2, 0.25) is 10.9 Å². The van der Waals surface area contributed by atoms with Crippen molar-refractivity contribution in [3.63, 3.8) is 0 Å². The van der Waals surface area contributed by atoms with Gasteiger partial charge in [0.25, 0.3) is 5.78 Å². The Morgan fingerprint density at radius 3 is 2.24 bits per heavy atom. The summed E-state index contributed by atoms with van der Waals surface area (Å²) in [4.78, 5) is 28.9. The van der Waals surface area contributed by atoms with E-state index in [1.165, 1.54) is 38.0 Å². The van der Waals surface area contributed by atoms with Crippen LogP contribution in [0.15, 0.2) is 94.8 Å². The Balaban J connectivity index is 1.37. The van der Waals surface area contributed by atoms with Crippen molar-refractivity contribution >= 4 is 57.3 Å². The first-order valence-electron chi connectivity index (χ1n) is 15.3. The number of ketones is 1. The van der Waals surface area contributed by atoms with E-state index in [-0.39, 0.29) is 16.5 Å². The number of aromatic nitrogens is 2. The van der Waals surface area contributed by atoms with E-state index in [1.807, 2.05) is 55.5 Å². The SMILES string of the molecule is COc1cc(C2C(=C(O)c3ccc(OCc4cccc(C)c4)cc3)C(=O)C(=O)N2c2nnc(SCc3ccc(Cl)cc3)s2)cc(OC)c1OC. The second kappa shape index (κ2) is 15.2. The molecule has 1 aliphatic heterocycles. The van der Waals surface area contributed by atoms with Crippen LogP contribution in [0.2, 0.25) is 5.02 Å². The molecule has 4 aromatic carbocycles. The number of Topliss-reactive ketones (excluding diaryl/α,β-unsaturated/α-hetero) is 1. The first kappa shape index (κ1) is 34.8. The number of methoxy groups -OCH3 is 3. The van der Waals surface area contributed by atoms with Crippen molar-refractivity contribution in [3.05, 3.63) is 123 Å². The van der Waals surface area contributed by atoms with Crippen molar-refractivity contribution in [2.75, 3.05) is 26.2 Å². The number of thioether (sulfide) groups is 1. The van der Waals surface area contributed by atoms with Crippen molar-refractivity contribution in [2.45, 2.75) is 29.7 Å². The van der Waals surface area contributed by atoms with Gasteiger partial charge in [-0.2, -0.15) is 0 Å². The Morgan fingerprint density at radius 1 is 0.900 bits per heavy atom. The molecule has 1 atom stereocenters. The molecule has 10 nitrogen and oxygen atoms in total. The van der Waals surface area contributed by atoms with E-state index in [4.69, 9.17) is 30.5 Å². The van der Waals surface area contributed by atoms with Crippen LogP contribution in [-0.2, 0) is 21.9 Å². The van der Waals surface area contributed by atoms with E-state index in [0.29, 0.717) is 55.8 Å². The zero-order chi connectivity index (χ0) is 35.4. The number of hydrogen-bond acceptors (Lipinski definition) is 11. The quantitative estimate of drug-likeness (QED) is 0.0444.